The summed E-state index contributed by atoms with van der Waals surface area (Å²) in [5.41, 5.74) is 0.667. The van der Waals surface area contributed by atoms with Gasteiger partial charge in [-0.3, -0.25) is 4.79 Å². The Morgan fingerprint density at radius 1 is 1.18 bits per heavy atom. The Bertz CT molecular complexity index is 373. The molecule has 1 unspecified atom stereocenters. The summed E-state index contributed by atoms with van der Waals surface area (Å²) in [6.45, 7) is 3.52. The van der Waals surface area contributed by atoms with E-state index in [2.05, 4.69) is 0 Å². The van der Waals surface area contributed by atoms with Crippen molar-refractivity contribution >= 4 is 5.91 Å². The predicted octanol–water partition coefficient (Wildman–Crippen LogP) is 3.06. The maximum absolute atomic E-state index is 12.2. The van der Waals surface area contributed by atoms with Crippen LogP contribution in [0.4, 0.5) is 13.2 Å². The topological polar surface area (TPSA) is 29.1 Å². The molecular formula is C12H14F3NO. The second kappa shape index (κ2) is 5.21. The highest BCUT2D eigenvalue weighted by Gasteiger charge is 2.40. The molecule has 2 nitrogen and oxygen atoms in total. The van der Waals surface area contributed by atoms with Gasteiger partial charge in [-0.2, -0.15) is 13.2 Å². The van der Waals surface area contributed by atoms with Crippen LogP contribution in [0, 0.1) is 5.92 Å². The number of hydrogen-bond acceptors (Lipinski definition) is 1. The lowest BCUT2D eigenvalue weighted by atomic mass is 9.96. The molecule has 1 rings (SSSR count). The molecule has 0 spiro atoms. The summed E-state index contributed by atoms with van der Waals surface area (Å²) in [7, 11) is 0. The molecule has 1 aromatic carbocycles. The number of hydrogen-bond donors (Lipinski definition) is 1. The standard InChI is InChI=1S/C12H14F3NO/c1-8(2)10(9-6-4-3-5-7-9)16-11(17)12(13,14)15/h3-8,10H,1-2H3,(H,16,17). The summed E-state index contributed by atoms with van der Waals surface area (Å²) >= 11 is 0. The van der Waals surface area contributed by atoms with Crippen LogP contribution in [0.15, 0.2) is 30.3 Å². The van der Waals surface area contributed by atoms with Crippen molar-refractivity contribution < 1.29 is 18.0 Å². The van der Waals surface area contributed by atoms with Crippen LogP contribution >= 0.6 is 0 Å². The lowest BCUT2D eigenvalue weighted by molar-refractivity contribution is -0.174. The van der Waals surface area contributed by atoms with Crippen molar-refractivity contribution in [1.29, 1.82) is 0 Å². The van der Waals surface area contributed by atoms with Crippen molar-refractivity contribution in [3.05, 3.63) is 35.9 Å². The first kappa shape index (κ1) is 13.5. The summed E-state index contributed by atoms with van der Waals surface area (Å²) in [6, 6.07) is 7.98. The molecule has 5 heteroatoms. The van der Waals surface area contributed by atoms with E-state index in [4.69, 9.17) is 0 Å². The molecule has 0 aromatic heterocycles. The van der Waals surface area contributed by atoms with Gasteiger partial charge in [0.1, 0.15) is 0 Å². The van der Waals surface area contributed by atoms with Crippen LogP contribution in [0.1, 0.15) is 25.5 Å². The fourth-order valence-electron chi connectivity index (χ4n) is 1.52. The van der Waals surface area contributed by atoms with E-state index in [1.807, 2.05) is 5.32 Å². The van der Waals surface area contributed by atoms with Crippen LogP contribution in [0.3, 0.4) is 0 Å². The second-order valence-electron chi connectivity index (χ2n) is 4.10. The highest BCUT2D eigenvalue weighted by atomic mass is 19.4. The monoisotopic (exact) mass is 245 g/mol. The van der Waals surface area contributed by atoms with E-state index in [0.29, 0.717) is 5.56 Å². The minimum absolute atomic E-state index is 0.122. The smallest absolute Gasteiger partial charge is 0.341 e. The van der Waals surface area contributed by atoms with Gasteiger partial charge < -0.3 is 5.32 Å². The maximum atomic E-state index is 12.2. The second-order valence-corrected chi connectivity index (χ2v) is 4.10. The number of alkyl halides is 3. The third-order valence-corrected chi connectivity index (χ3v) is 2.37. The average Bonchev–Trinajstić information content (AvgIpc) is 2.25. The highest BCUT2D eigenvalue weighted by Crippen LogP contribution is 2.24. The van der Waals surface area contributed by atoms with E-state index < -0.39 is 18.1 Å². The Hall–Kier alpha value is -1.52. The fourth-order valence-corrected chi connectivity index (χ4v) is 1.52. The van der Waals surface area contributed by atoms with Crippen LogP contribution in [0.25, 0.3) is 0 Å². The van der Waals surface area contributed by atoms with E-state index in [9.17, 15) is 18.0 Å². The summed E-state index contributed by atoms with van der Waals surface area (Å²) < 4.78 is 36.5. The van der Waals surface area contributed by atoms with Gasteiger partial charge in [-0.1, -0.05) is 44.2 Å². The quantitative estimate of drug-likeness (QED) is 0.871. The number of halogens is 3. The van der Waals surface area contributed by atoms with E-state index in [-0.39, 0.29) is 5.92 Å². The van der Waals surface area contributed by atoms with Crippen molar-refractivity contribution in [2.75, 3.05) is 0 Å². The molecule has 1 aromatic rings. The van der Waals surface area contributed by atoms with E-state index in [0.717, 1.165) is 0 Å². The minimum atomic E-state index is -4.85. The number of carbonyl (C=O) groups is 1. The van der Waals surface area contributed by atoms with Crippen LogP contribution in [0.5, 0.6) is 0 Å². The van der Waals surface area contributed by atoms with E-state index in [1.54, 1.807) is 44.2 Å². The van der Waals surface area contributed by atoms with Crippen LogP contribution in [0.2, 0.25) is 0 Å². The third-order valence-electron chi connectivity index (χ3n) is 2.37. The molecule has 1 amide bonds. The van der Waals surface area contributed by atoms with Gasteiger partial charge in [-0.25, -0.2) is 0 Å². The van der Waals surface area contributed by atoms with Gasteiger partial charge in [0.15, 0.2) is 0 Å². The van der Waals surface area contributed by atoms with Gasteiger partial charge in [0.25, 0.3) is 0 Å². The van der Waals surface area contributed by atoms with Crippen LogP contribution in [-0.4, -0.2) is 12.1 Å². The number of rotatable bonds is 3. The predicted molar refractivity (Wildman–Crippen MR) is 58.2 cm³/mol. The fraction of sp³-hybridized carbons (Fsp3) is 0.417. The van der Waals surface area contributed by atoms with Gasteiger partial charge in [0.2, 0.25) is 0 Å². The normalized spacial score (nSPS) is 13.5. The number of amides is 1. The van der Waals surface area contributed by atoms with Gasteiger partial charge >= 0.3 is 12.1 Å². The number of carbonyl (C=O) groups excluding carboxylic acids is 1. The summed E-state index contributed by atoms with van der Waals surface area (Å²) in [5.74, 6) is -2.02. The molecule has 0 radical (unpaired) electrons. The molecule has 0 heterocycles. The van der Waals surface area contributed by atoms with Gasteiger partial charge in [-0.05, 0) is 11.5 Å². The Morgan fingerprint density at radius 2 is 1.71 bits per heavy atom. The summed E-state index contributed by atoms with van der Waals surface area (Å²) in [6.07, 6.45) is -4.85. The third kappa shape index (κ3) is 3.76. The first-order valence-corrected chi connectivity index (χ1v) is 5.25. The zero-order chi connectivity index (χ0) is 13.1. The van der Waals surface area contributed by atoms with E-state index >= 15 is 0 Å². The Balaban J connectivity index is 2.86. The Labute approximate surface area is 97.8 Å². The molecule has 0 aliphatic carbocycles. The molecule has 0 aliphatic rings. The first-order chi connectivity index (χ1) is 7.82. The average molecular weight is 245 g/mol. The Morgan fingerprint density at radius 3 is 2.12 bits per heavy atom. The van der Waals surface area contributed by atoms with E-state index in [1.165, 1.54) is 0 Å². The number of benzene rings is 1. The van der Waals surface area contributed by atoms with Crippen molar-refractivity contribution in [2.45, 2.75) is 26.1 Å². The molecular weight excluding hydrogens is 231 g/mol. The van der Waals surface area contributed by atoms with Crippen LogP contribution in [-0.2, 0) is 4.79 Å². The highest BCUT2D eigenvalue weighted by molar-refractivity contribution is 5.82. The van der Waals surface area contributed by atoms with Gasteiger partial charge in [0, 0.05) is 0 Å². The molecule has 17 heavy (non-hydrogen) atoms. The van der Waals surface area contributed by atoms with Crippen LogP contribution < -0.4 is 5.32 Å². The lowest BCUT2D eigenvalue weighted by Gasteiger charge is -2.23. The SMILES string of the molecule is CC(C)C(NC(=O)C(F)(F)F)c1ccccc1. The summed E-state index contributed by atoms with van der Waals surface area (Å²) in [5, 5.41) is 2.01. The molecule has 0 saturated carbocycles. The molecule has 1 N–H and O–H groups in total. The van der Waals surface area contributed by atoms with Crippen molar-refractivity contribution in [1.82, 2.24) is 5.32 Å². The molecule has 1 atom stereocenters. The van der Waals surface area contributed by atoms with Crippen molar-refractivity contribution in [2.24, 2.45) is 5.92 Å². The van der Waals surface area contributed by atoms with Gasteiger partial charge in [-0.15, -0.1) is 0 Å². The van der Waals surface area contributed by atoms with Crippen molar-refractivity contribution in [3.8, 4) is 0 Å². The molecule has 0 aliphatic heterocycles. The summed E-state index contributed by atoms with van der Waals surface area (Å²) in [4.78, 5) is 10.9. The molecule has 0 fully saturated rings. The minimum Gasteiger partial charge on any atom is -0.341 e. The van der Waals surface area contributed by atoms with Crippen molar-refractivity contribution in [3.63, 3.8) is 0 Å². The molecule has 0 bridgehead atoms. The largest absolute Gasteiger partial charge is 0.471 e. The lowest BCUT2D eigenvalue weighted by Crippen LogP contribution is -2.40. The zero-order valence-electron chi connectivity index (χ0n) is 9.58. The first-order valence-electron chi connectivity index (χ1n) is 5.25. The molecule has 0 saturated heterocycles. The number of nitrogens with one attached hydrogen (secondary N) is 1. The zero-order valence-corrected chi connectivity index (χ0v) is 9.58. The van der Waals surface area contributed by atoms with Gasteiger partial charge in [0.05, 0.1) is 6.04 Å². The molecule has 94 valence electrons. The Kier molecular flexibility index (Phi) is 4.15. The maximum Gasteiger partial charge on any atom is 0.471 e.